The van der Waals surface area contributed by atoms with Gasteiger partial charge in [-0.05, 0) is 82.1 Å². The van der Waals surface area contributed by atoms with Crippen molar-refractivity contribution in [2.45, 2.75) is 0 Å². The molecule has 21 heavy (non-hydrogen) atoms. The molecule has 3 rings (SSSR count). The molecule has 2 nitrogen and oxygen atoms in total. The molecule has 10 radical (unpaired) electrons. The summed E-state index contributed by atoms with van der Waals surface area (Å²) in [5.41, 5.74) is 0. The number of rotatable bonds is 2. The third-order valence-electron chi connectivity index (χ3n) is 2.48. The summed E-state index contributed by atoms with van der Waals surface area (Å²) in [6.07, 6.45) is 17.0. The van der Waals surface area contributed by atoms with Gasteiger partial charge in [-0.3, -0.25) is 4.79 Å². The van der Waals surface area contributed by atoms with Crippen LogP contribution in [0.5, 0.6) is 5.75 Å². The molecule has 2 fully saturated rings. The molecule has 106 valence electrons. The predicted octanol–water partition coefficient (Wildman–Crippen LogP) is 3.67. The second-order valence-electron chi connectivity index (χ2n) is 3.98. The molecular weight excluding hydrogens is 327 g/mol. The monoisotopic (exact) mass is 340 g/mol. The molecule has 0 spiro atoms. The van der Waals surface area contributed by atoms with E-state index in [0.29, 0.717) is 16.7 Å². The number of hydrogen-bond donors (Lipinski definition) is 0. The second-order valence-corrected chi connectivity index (χ2v) is 4.42. The second kappa shape index (κ2) is 10.3. The quantitative estimate of drug-likeness (QED) is 0.466. The van der Waals surface area contributed by atoms with E-state index in [-0.39, 0.29) is 23.0 Å². The summed E-state index contributed by atoms with van der Waals surface area (Å²) in [6, 6.07) is 6.66. The van der Waals surface area contributed by atoms with Gasteiger partial charge < -0.3 is 4.74 Å². The van der Waals surface area contributed by atoms with Crippen molar-refractivity contribution < 1.29 is 26.6 Å². The molecule has 0 saturated heterocycles. The molecule has 0 aliphatic heterocycles. The minimum Gasteiger partial charge on any atom is -0.426 e. The van der Waals surface area contributed by atoms with Gasteiger partial charge in [-0.2, -0.15) is 0 Å². The molecule has 1 aromatic carbocycles. The van der Waals surface area contributed by atoms with Crippen molar-refractivity contribution in [3.8, 4) is 5.75 Å². The van der Waals surface area contributed by atoms with Gasteiger partial charge in [-0.15, -0.1) is 0 Å². The topological polar surface area (TPSA) is 26.3 Å². The van der Waals surface area contributed by atoms with Crippen molar-refractivity contribution in [2.24, 2.45) is 0 Å². The van der Waals surface area contributed by atoms with Gasteiger partial charge in [0.1, 0.15) is 5.75 Å². The Hall–Kier alpha value is -0.501. The third kappa shape index (κ3) is 6.86. The Balaban J connectivity index is 0.000000313. The number of benzene rings is 1. The maximum atomic E-state index is 11.5. The van der Waals surface area contributed by atoms with E-state index in [1.807, 2.05) is 32.1 Å². The number of carbonyl (C=O) groups is 1. The largest absolute Gasteiger partial charge is 2.00 e. The van der Waals surface area contributed by atoms with E-state index in [4.69, 9.17) is 16.3 Å². The molecular formula is C17H13ClFeO2+2. The van der Waals surface area contributed by atoms with Crippen LogP contribution in [-0.4, -0.2) is 5.97 Å². The van der Waals surface area contributed by atoms with Crippen molar-refractivity contribution in [3.63, 3.8) is 0 Å². The molecule has 2 aliphatic carbocycles. The van der Waals surface area contributed by atoms with Crippen LogP contribution in [0.15, 0.2) is 24.3 Å². The SMILES string of the molecule is O=C(Oc1ccc(Cl)cc1)[C]1[CH][CH][CH][CH]1.[CH]1[CH][CH][CH][CH]1.[Fe+2]. The molecule has 0 unspecified atom stereocenters. The first-order chi connectivity index (χ1) is 9.75. The molecule has 2 saturated carbocycles. The van der Waals surface area contributed by atoms with Crippen LogP contribution in [0.2, 0.25) is 5.02 Å². The standard InChI is InChI=1S/C12H8ClO2.C5H5.Fe/c13-10-5-7-11(8-6-10)15-12(14)9-3-1-2-4-9;1-2-4-5-3-1;/h1-8H;1-5H;/q;;+2. The summed E-state index contributed by atoms with van der Waals surface area (Å²) in [7, 11) is 0. The first-order valence-electron chi connectivity index (χ1n) is 6.12. The molecule has 0 heterocycles. The van der Waals surface area contributed by atoms with E-state index >= 15 is 0 Å². The van der Waals surface area contributed by atoms with Crippen LogP contribution in [0.3, 0.4) is 0 Å². The maximum absolute atomic E-state index is 11.5. The van der Waals surface area contributed by atoms with Gasteiger partial charge in [0.2, 0.25) is 0 Å². The molecule has 1 aromatic rings. The molecule has 0 aromatic heterocycles. The Labute approximate surface area is 143 Å². The molecule has 0 amide bonds. The third-order valence-corrected chi connectivity index (χ3v) is 2.73. The van der Waals surface area contributed by atoms with Crippen LogP contribution >= 0.6 is 11.6 Å². The Morgan fingerprint density at radius 1 is 0.810 bits per heavy atom. The first-order valence-corrected chi connectivity index (χ1v) is 6.49. The molecule has 0 atom stereocenters. The minimum absolute atomic E-state index is 0. The maximum Gasteiger partial charge on any atom is 2.00 e. The summed E-state index contributed by atoms with van der Waals surface area (Å²) < 4.78 is 5.12. The molecule has 4 heteroatoms. The molecule has 0 N–H and O–H groups in total. The van der Waals surface area contributed by atoms with Crippen LogP contribution in [0.1, 0.15) is 0 Å². The van der Waals surface area contributed by atoms with Crippen molar-refractivity contribution in [1.29, 1.82) is 0 Å². The van der Waals surface area contributed by atoms with Crippen LogP contribution in [0.25, 0.3) is 0 Å². The van der Waals surface area contributed by atoms with E-state index in [1.165, 1.54) is 0 Å². The average molecular weight is 341 g/mol. The Morgan fingerprint density at radius 2 is 1.29 bits per heavy atom. The summed E-state index contributed by atoms with van der Waals surface area (Å²) in [6.45, 7) is 0. The number of carbonyl (C=O) groups excluding carboxylic acids is 1. The smallest absolute Gasteiger partial charge is 0.426 e. The number of halogens is 1. The number of hydrogen-bond acceptors (Lipinski definition) is 2. The van der Waals surface area contributed by atoms with E-state index in [1.54, 1.807) is 49.9 Å². The first kappa shape index (κ1) is 18.5. The van der Waals surface area contributed by atoms with Crippen molar-refractivity contribution in [1.82, 2.24) is 0 Å². The van der Waals surface area contributed by atoms with Gasteiger partial charge in [0.25, 0.3) is 0 Å². The Kier molecular flexibility index (Phi) is 9.06. The number of ether oxygens (including phenoxy) is 1. The summed E-state index contributed by atoms with van der Waals surface area (Å²) in [4.78, 5) is 11.5. The van der Waals surface area contributed by atoms with E-state index in [0.717, 1.165) is 0 Å². The normalized spacial score (nSPS) is 17.6. The van der Waals surface area contributed by atoms with Crippen LogP contribution in [-0.2, 0) is 21.9 Å². The van der Waals surface area contributed by atoms with Gasteiger partial charge in [-0.1, -0.05) is 11.6 Å². The van der Waals surface area contributed by atoms with Crippen LogP contribution in [0.4, 0.5) is 0 Å². The zero-order valence-corrected chi connectivity index (χ0v) is 12.9. The van der Waals surface area contributed by atoms with E-state index < -0.39 is 0 Å². The van der Waals surface area contributed by atoms with Crippen molar-refractivity contribution >= 4 is 17.6 Å². The fraction of sp³-hybridized carbons (Fsp3) is 0. The zero-order valence-electron chi connectivity index (χ0n) is 11.1. The minimum atomic E-state index is -0.359. The Morgan fingerprint density at radius 3 is 1.76 bits per heavy atom. The predicted molar refractivity (Wildman–Crippen MR) is 79.0 cm³/mol. The summed E-state index contributed by atoms with van der Waals surface area (Å²) in [5.74, 6) is 0.679. The molecule has 0 bridgehead atoms. The van der Waals surface area contributed by atoms with Crippen molar-refractivity contribution in [3.05, 3.63) is 93.0 Å². The fourth-order valence-corrected chi connectivity index (χ4v) is 1.63. The van der Waals surface area contributed by atoms with Gasteiger partial charge >= 0.3 is 23.0 Å². The average Bonchev–Trinajstić information content (AvgIpc) is 3.17. The number of esters is 1. The summed E-state index contributed by atoms with van der Waals surface area (Å²) >= 11 is 5.71. The van der Waals surface area contributed by atoms with Gasteiger partial charge in [-0.25, -0.2) is 0 Å². The Bertz CT molecular complexity index is 402. The van der Waals surface area contributed by atoms with Crippen LogP contribution in [0, 0.1) is 63.7 Å². The van der Waals surface area contributed by atoms with E-state index in [9.17, 15) is 4.79 Å². The van der Waals surface area contributed by atoms with E-state index in [2.05, 4.69) is 0 Å². The molecule has 2 aliphatic rings. The summed E-state index contributed by atoms with van der Waals surface area (Å²) in [5, 5.41) is 0.614. The van der Waals surface area contributed by atoms with Gasteiger partial charge in [0, 0.05) is 5.02 Å². The fourth-order valence-electron chi connectivity index (χ4n) is 1.50. The zero-order chi connectivity index (χ0) is 14.2. The van der Waals surface area contributed by atoms with Crippen molar-refractivity contribution in [2.75, 3.05) is 0 Å². The van der Waals surface area contributed by atoms with Gasteiger partial charge in [0.15, 0.2) is 0 Å². The van der Waals surface area contributed by atoms with Crippen LogP contribution < -0.4 is 4.74 Å². The van der Waals surface area contributed by atoms with Gasteiger partial charge in [0.05, 0.1) is 5.92 Å².